The lowest BCUT2D eigenvalue weighted by Gasteiger charge is -2.26. The molecule has 0 aliphatic carbocycles. The molecule has 0 unspecified atom stereocenters. The maximum absolute atomic E-state index is 3.75. The smallest absolute Gasteiger partial charge is 0.103 e. The molecule has 0 amide bonds. The third-order valence-corrected chi connectivity index (χ3v) is 5.31. The average Bonchev–Trinajstić information content (AvgIpc) is 2.17. The van der Waals surface area contributed by atoms with E-state index < -0.39 is 0 Å². The van der Waals surface area contributed by atoms with Gasteiger partial charge in [0, 0.05) is 0 Å². The van der Waals surface area contributed by atoms with Crippen LogP contribution in [0, 0.1) is 0 Å². The van der Waals surface area contributed by atoms with Crippen molar-refractivity contribution in [2.75, 3.05) is 0 Å². The van der Waals surface area contributed by atoms with E-state index in [2.05, 4.69) is 20.4 Å². The molecule has 76 valence electrons. The highest BCUT2D eigenvalue weighted by molar-refractivity contribution is 6.15. The maximum atomic E-state index is 3.75. The van der Waals surface area contributed by atoms with Crippen molar-refractivity contribution in [1.82, 2.24) is 0 Å². The van der Waals surface area contributed by atoms with Crippen LogP contribution in [0.5, 0.6) is 0 Å². The molecule has 0 N–H and O–H groups in total. The molecule has 0 atom stereocenters. The van der Waals surface area contributed by atoms with Gasteiger partial charge in [-0.3, -0.25) is 0 Å². The molecule has 0 radical (unpaired) electrons. The summed E-state index contributed by atoms with van der Waals surface area (Å²) in [6, 6.07) is 0. The van der Waals surface area contributed by atoms with E-state index in [9.17, 15) is 0 Å². The van der Waals surface area contributed by atoms with Gasteiger partial charge in [0.25, 0.3) is 0 Å². The van der Waals surface area contributed by atoms with E-state index in [1.165, 1.54) is 61.2 Å². The zero-order chi connectivity index (χ0) is 10.2. The molecule has 0 saturated heterocycles. The second-order valence-electron chi connectivity index (χ2n) is 4.41. The van der Waals surface area contributed by atoms with Gasteiger partial charge in [-0.1, -0.05) is 56.3 Å². The molecule has 0 saturated carbocycles. The Kier molecular flexibility index (Phi) is 7.82. The molecular formula is C12H25Al. The lowest BCUT2D eigenvalue weighted by molar-refractivity contribution is 0.453. The zero-order valence-corrected chi connectivity index (χ0v) is 11.7. The third kappa shape index (κ3) is 6.36. The van der Waals surface area contributed by atoms with E-state index in [-0.39, 0.29) is 0 Å². The van der Waals surface area contributed by atoms with Gasteiger partial charge in [0.2, 0.25) is 16.3 Å². The largest absolute Gasteiger partial charge is 0.221 e. The van der Waals surface area contributed by atoms with Crippen molar-refractivity contribution in [2.24, 2.45) is 0 Å². The first-order chi connectivity index (χ1) is 6.18. The Labute approximate surface area is 92.2 Å². The Morgan fingerprint density at radius 3 is 2.23 bits per heavy atom. The van der Waals surface area contributed by atoms with Crippen molar-refractivity contribution in [2.45, 2.75) is 63.1 Å². The Morgan fingerprint density at radius 1 is 1.15 bits per heavy atom. The summed E-state index contributed by atoms with van der Waals surface area (Å²) in [7, 11) is 0. The van der Waals surface area contributed by atoms with E-state index in [4.69, 9.17) is 0 Å². The first-order valence-electron chi connectivity index (χ1n) is 5.79. The molecule has 0 aliphatic rings. The quantitative estimate of drug-likeness (QED) is 0.315. The minimum absolute atomic E-state index is 0.744. The van der Waals surface area contributed by atoms with Crippen LogP contribution >= 0.6 is 0 Å². The molecule has 0 heterocycles. The van der Waals surface area contributed by atoms with Gasteiger partial charge in [-0.15, -0.1) is 6.58 Å². The third-order valence-electron chi connectivity index (χ3n) is 3.40. The van der Waals surface area contributed by atoms with Crippen molar-refractivity contribution in [3.05, 3.63) is 12.7 Å². The molecule has 0 aromatic carbocycles. The summed E-state index contributed by atoms with van der Waals surface area (Å²) in [6.45, 7) is 8.44. The monoisotopic (exact) mass is 196 g/mol. The van der Waals surface area contributed by atoms with Crippen molar-refractivity contribution in [3.63, 3.8) is 0 Å². The fourth-order valence-corrected chi connectivity index (χ4v) is 1.97. The molecule has 0 spiro atoms. The van der Waals surface area contributed by atoms with Crippen LogP contribution in [-0.2, 0) is 0 Å². The van der Waals surface area contributed by atoms with E-state index in [0.717, 1.165) is 4.28 Å². The normalized spacial score (nSPS) is 11.5. The Bertz CT molecular complexity index is 125. The number of hydrogen-bond acceptors (Lipinski definition) is 0. The minimum atomic E-state index is 0.744. The van der Waals surface area contributed by atoms with Crippen molar-refractivity contribution in [3.8, 4) is 0 Å². The summed E-state index contributed by atoms with van der Waals surface area (Å²) in [5.74, 6) is 0. The van der Waals surface area contributed by atoms with Crippen LogP contribution in [0.4, 0.5) is 0 Å². The number of unbranched alkanes of at least 4 members (excludes halogenated alkanes) is 3. The van der Waals surface area contributed by atoms with Crippen molar-refractivity contribution in [1.29, 1.82) is 0 Å². The SMILES string of the molecule is C=CCCCCC[C]([AlH2])(CC)CC. The fraction of sp³-hybridized carbons (Fsp3) is 0.833. The summed E-state index contributed by atoms with van der Waals surface area (Å²) in [6.07, 6.45) is 11.6. The van der Waals surface area contributed by atoms with Crippen LogP contribution in [0.3, 0.4) is 0 Å². The van der Waals surface area contributed by atoms with E-state index in [1.54, 1.807) is 0 Å². The van der Waals surface area contributed by atoms with E-state index >= 15 is 0 Å². The molecule has 0 aromatic rings. The second-order valence-corrected chi connectivity index (χ2v) is 6.53. The average molecular weight is 196 g/mol. The van der Waals surface area contributed by atoms with E-state index in [0.29, 0.717) is 0 Å². The first-order valence-corrected chi connectivity index (χ1v) is 6.79. The fourth-order valence-electron chi connectivity index (χ4n) is 1.62. The van der Waals surface area contributed by atoms with Crippen molar-refractivity contribution >= 4 is 16.3 Å². The van der Waals surface area contributed by atoms with Gasteiger partial charge in [0.15, 0.2) is 0 Å². The number of allylic oxidation sites excluding steroid dienone is 1. The highest BCUT2D eigenvalue weighted by Gasteiger charge is 2.18. The van der Waals surface area contributed by atoms with Crippen LogP contribution < -0.4 is 0 Å². The lowest BCUT2D eigenvalue weighted by Crippen LogP contribution is -2.10. The van der Waals surface area contributed by atoms with Gasteiger partial charge in [0.05, 0.1) is 0 Å². The summed E-state index contributed by atoms with van der Waals surface area (Å²) in [5, 5.41) is 0. The highest BCUT2D eigenvalue weighted by Crippen LogP contribution is 2.36. The number of rotatable bonds is 8. The van der Waals surface area contributed by atoms with Crippen LogP contribution in [0.2, 0.25) is 4.28 Å². The summed E-state index contributed by atoms with van der Waals surface area (Å²) < 4.78 is 0.744. The van der Waals surface area contributed by atoms with Gasteiger partial charge in [-0.05, 0) is 12.8 Å². The Hall–Kier alpha value is 0.272. The van der Waals surface area contributed by atoms with Gasteiger partial charge in [-0.2, -0.15) is 0 Å². The number of hydrogen-bond donors (Lipinski definition) is 0. The summed E-state index contributed by atoms with van der Waals surface area (Å²) in [5.41, 5.74) is 0. The van der Waals surface area contributed by atoms with Crippen LogP contribution in [0.1, 0.15) is 58.8 Å². The first kappa shape index (κ1) is 13.3. The summed E-state index contributed by atoms with van der Waals surface area (Å²) in [4.78, 5) is 0. The van der Waals surface area contributed by atoms with Gasteiger partial charge < -0.3 is 0 Å². The van der Waals surface area contributed by atoms with Crippen LogP contribution in [-0.4, -0.2) is 16.3 Å². The molecule has 0 aliphatic heterocycles. The molecule has 13 heavy (non-hydrogen) atoms. The molecule has 1 heteroatoms. The van der Waals surface area contributed by atoms with Gasteiger partial charge >= 0.3 is 0 Å². The summed E-state index contributed by atoms with van der Waals surface area (Å²) >= 11 is 1.37. The minimum Gasteiger partial charge on any atom is -0.103 e. The maximum Gasteiger partial charge on any atom is 0.221 e. The predicted octanol–water partition coefficient (Wildman–Crippen LogP) is 3.73. The Balaban J connectivity index is 3.44. The Morgan fingerprint density at radius 2 is 1.77 bits per heavy atom. The second kappa shape index (κ2) is 7.66. The zero-order valence-electron chi connectivity index (χ0n) is 9.73. The van der Waals surface area contributed by atoms with Crippen molar-refractivity contribution < 1.29 is 0 Å². The van der Waals surface area contributed by atoms with Gasteiger partial charge in [-0.25, -0.2) is 0 Å². The lowest BCUT2D eigenvalue weighted by atomic mass is 9.94. The van der Waals surface area contributed by atoms with Gasteiger partial charge in [0.1, 0.15) is 0 Å². The molecule has 0 nitrogen and oxygen atoms in total. The topological polar surface area (TPSA) is 0 Å². The molecular weight excluding hydrogens is 171 g/mol. The molecule has 0 bridgehead atoms. The van der Waals surface area contributed by atoms with Crippen LogP contribution in [0.15, 0.2) is 12.7 Å². The van der Waals surface area contributed by atoms with E-state index in [1.807, 2.05) is 6.08 Å². The highest BCUT2D eigenvalue weighted by atomic mass is 27.0. The molecule has 0 rings (SSSR count). The van der Waals surface area contributed by atoms with Crippen LogP contribution in [0.25, 0.3) is 0 Å². The molecule has 0 fully saturated rings. The standard InChI is InChI=1S/C12H23.Al.2H/c1-4-7-8-9-10-11-12(5-2)6-3;;;/h4H,1,5-11H2,2-3H3;;;. The predicted molar refractivity (Wildman–Crippen MR) is 65.1 cm³/mol. The molecule has 0 aromatic heterocycles.